The second-order valence-corrected chi connectivity index (χ2v) is 7.58. The van der Waals surface area contributed by atoms with E-state index >= 15 is 0 Å². The number of hydrogen-bond acceptors (Lipinski definition) is 5. The summed E-state index contributed by atoms with van der Waals surface area (Å²) < 4.78 is 11.4. The number of benzene rings is 3. The highest BCUT2D eigenvalue weighted by molar-refractivity contribution is 6.35. The topological polar surface area (TPSA) is 88.5 Å². The van der Waals surface area contributed by atoms with Crippen molar-refractivity contribution in [2.75, 3.05) is 0 Å². The molecule has 0 saturated carbocycles. The van der Waals surface area contributed by atoms with E-state index in [1.165, 1.54) is 6.07 Å². The maximum Gasteiger partial charge on any atom is 0.205 e. The molecule has 0 aliphatic carbocycles. The molecule has 150 valence electrons. The molecule has 0 spiro atoms. The average Bonchev–Trinajstić information content (AvgIpc) is 2.72. The van der Waals surface area contributed by atoms with Crippen LogP contribution in [-0.4, -0.2) is 5.11 Å². The van der Waals surface area contributed by atoms with Gasteiger partial charge in [-0.1, -0.05) is 47.5 Å². The zero-order valence-corrected chi connectivity index (χ0v) is 17.1. The first kappa shape index (κ1) is 20.0. The summed E-state index contributed by atoms with van der Waals surface area (Å²) in [5.41, 5.74) is 8.69. The Morgan fingerprint density at radius 3 is 2.53 bits per heavy atom. The number of nitrogens with zero attached hydrogens (tertiary/aromatic N) is 1. The van der Waals surface area contributed by atoms with Crippen molar-refractivity contribution >= 4 is 23.2 Å². The fourth-order valence-electron chi connectivity index (χ4n) is 3.34. The Labute approximate surface area is 183 Å². The number of nitriles is 1. The number of nitrogens with two attached hydrogens (primary N) is 1. The van der Waals surface area contributed by atoms with Gasteiger partial charge in [-0.3, -0.25) is 0 Å². The van der Waals surface area contributed by atoms with Gasteiger partial charge >= 0.3 is 0 Å². The minimum Gasteiger partial charge on any atom is -0.508 e. The van der Waals surface area contributed by atoms with Gasteiger partial charge in [-0.15, -0.1) is 0 Å². The van der Waals surface area contributed by atoms with Crippen molar-refractivity contribution in [3.8, 4) is 23.3 Å². The van der Waals surface area contributed by atoms with E-state index in [1.807, 2.05) is 30.3 Å². The van der Waals surface area contributed by atoms with Crippen LogP contribution >= 0.6 is 23.2 Å². The molecule has 3 aromatic rings. The largest absolute Gasteiger partial charge is 0.508 e. The predicted molar refractivity (Wildman–Crippen MR) is 115 cm³/mol. The quantitative estimate of drug-likeness (QED) is 0.561. The van der Waals surface area contributed by atoms with Gasteiger partial charge in [-0.2, -0.15) is 5.26 Å². The molecule has 1 aliphatic heterocycles. The van der Waals surface area contributed by atoms with Crippen LogP contribution in [0.5, 0.6) is 17.2 Å². The van der Waals surface area contributed by atoms with Crippen LogP contribution in [0.25, 0.3) is 0 Å². The Balaban J connectivity index is 1.60. The lowest BCUT2D eigenvalue weighted by Crippen LogP contribution is -2.20. The lowest BCUT2D eigenvalue weighted by atomic mass is 9.83. The van der Waals surface area contributed by atoms with E-state index in [0.717, 1.165) is 16.7 Å². The van der Waals surface area contributed by atoms with E-state index in [9.17, 15) is 10.4 Å². The van der Waals surface area contributed by atoms with Gasteiger partial charge in [0.2, 0.25) is 5.88 Å². The Morgan fingerprint density at radius 2 is 1.83 bits per heavy atom. The number of fused-ring (bicyclic) bond motifs is 1. The van der Waals surface area contributed by atoms with Gasteiger partial charge in [-0.05, 0) is 35.9 Å². The van der Waals surface area contributed by atoms with E-state index < -0.39 is 5.92 Å². The molecular weight excluding hydrogens is 423 g/mol. The van der Waals surface area contributed by atoms with Gasteiger partial charge in [0.25, 0.3) is 0 Å². The summed E-state index contributed by atoms with van der Waals surface area (Å²) in [6, 6.07) is 19.5. The lowest BCUT2D eigenvalue weighted by molar-refractivity contribution is 0.306. The fourth-order valence-corrected chi connectivity index (χ4v) is 3.81. The first-order valence-electron chi connectivity index (χ1n) is 9.03. The number of phenolic OH excluding ortho intramolecular Hbond substituents is 1. The van der Waals surface area contributed by atoms with Gasteiger partial charge in [0.1, 0.15) is 35.5 Å². The highest BCUT2D eigenvalue weighted by Gasteiger charge is 2.30. The monoisotopic (exact) mass is 438 g/mol. The molecule has 0 aromatic heterocycles. The minimum absolute atomic E-state index is 0.0262. The summed E-state index contributed by atoms with van der Waals surface area (Å²) in [7, 11) is 0. The third kappa shape index (κ3) is 3.88. The predicted octanol–water partition coefficient (Wildman–Crippen LogP) is 5.50. The molecule has 0 radical (unpaired) electrons. The van der Waals surface area contributed by atoms with Crippen molar-refractivity contribution in [1.29, 1.82) is 5.26 Å². The van der Waals surface area contributed by atoms with Gasteiger partial charge in [0.15, 0.2) is 0 Å². The van der Waals surface area contributed by atoms with Crippen LogP contribution in [0.4, 0.5) is 0 Å². The third-order valence-electron chi connectivity index (χ3n) is 4.83. The summed E-state index contributed by atoms with van der Waals surface area (Å²) in [5.74, 6) is 0.759. The number of allylic oxidation sites excluding steroid dienone is 1. The molecule has 0 bridgehead atoms. The number of hydrogen-bond donors (Lipinski definition) is 2. The van der Waals surface area contributed by atoms with Gasteiger partial charge in [-0.25, -0.2) is 0 Å². The normalized spacial score (nSPS) is 15.2. The maximum absolute atomic E-state index is 9.74. The molecule has 0 unspecified atom stereocenters. The van der Waals surface area contributed by atoms with Crippen LogP contribution in [0.1, 0.15) is 22.6 Å². The molecule has 0 amide bonds. The number of halogens is 2. The summed E-state index contributed by atoms with van der Waals surface area (Å²) in [4.78, 5) is 0. The molecule has 3 N–H and O–H groups in total. The molecule has 0 saturated heterocycles. The Kier molecular flexibility index (Phi) is 5.45. The second kappa shape index (κ2) is 8.19. The van der Waals surface area contributed by atoms with Gasteiger partial charge in [0, 0.05) is 27.2 Å². The molecule has 1 atom stereocenters. The van der Waals surface area contributed by atoms with Gasteiger partial charge < -0.3 is 20.3 Å². The van der Waals surface area contributed by atoms with Crippen molar-refractivity contribution in [1.82, 2.24) is 0 Å². The molecule has 5 nitrogen and oxygen atoms in total. The Morgan fingerprint density at radius 1 is 1.07 bits per heavy atom. The van der Waals surface area contributed by atoms with Crippen molar-refractivity contribution in [2.45, 2.75) is 12.5 Å². The maximum atomic E-state index is 9.74. The van der Waals surface area contributed by atoms with Crippen LogP contribution in [0, 0.1) is 11.3 Å². The molecule has 30 heavy (non-hydrogen) atoms. The van der Waals surface area contributed by atoms with Crippen LogP contribution in [0.2, 0.25) is 10.0 Å². The second-order valence-electron chi connectivity index (χ2n) is 6.74. The molecule has 7 heteroatoms. The fraction of sp³-hybridized carbons (Fsp3) is 0.0870. The van der Waals surface area contributed by atoms with Crippen LogP contribution in [0.3, 0.4) is 0 Å². The van der Waals surface area contributed by atoms with E-state index in [1.54, 1.807) is 24.3 Å². The number of ether oxygens (including phenoxy) is 2. The van der Waals surface area contributed by atoms with Crippen molar-refractivity contribution in [3.63, 3.8) is 0 Å². The summed E-state index contributed by atoms with van der Waals surface area (Å²) in [6.45, 7) is 0.297. The highest BCUT2D eigenvalue weighted by Crippen LogP contribution is 2.43. The molecule has 3 aromatic carbocycles. The SMILES string of the molecule is N#CC1=C(N)Oc2cc(O)ccc2[C@H]1c1ccc(OCc2ccc(Cl)cc2Cl)cc1. The Bertz CT molecular complexity index is 1180. The molecule has 1 aliphatic rings. The smallest absolute Gasteiger partial charge is 0.205 e. The Hall–Kier alpha value is -3.33. The number of phenols is 1. The third-order valence-corrected chi connectivity index (χ3v) is 5.41. The lowest BCUT2D eigenvalue weighted by Gasteiger charge is -2.26. The van der Waals surface area contributed by atoms with E-state index in [-0.39, 0.29) is 11.6 Å². The number of rotatable bonds is 4. The average molecular weight is 439 g/mol. The van der Waals surface area contributed by atoms with E-state index in [2.05, 4.69) is 6.07 Å². The molecule has 4 rings (SSSR count). The van der Waals surface area contributed by atoms with Crippen molar-refractivity contribution in [3.05, 3.63) is 98.9 Å². The van der Waals surface area contributed by atoms with E-state index in [0.29, 0.717) is 33.7 Å². The van der Waals surface area contributed by atoms with Crippen LogP contribution in [0.15, 0.2) is 72.1 Å². The summed E-state index contributed by atoms with van der Waals surface area (Å²) in [6.07, 6.45) is 0. The standard InChI is InChI=1S/C23H16Cl2N2O3/c24-15-4-1-14(20(25)9-15)12-29-17-6-2-13(3-7-17)22-18-8-5-16(28)10-21(18)30-23(27)19(22)11-26/h1-10,22,28H,12,27H2/t22-/m1/s1. The first-order valence-corrected chi connectivity index (χ1v) is 9.79. The summed E-state index contributed by atoms with van der Waals surface area (Å²) >= 11 is 12.1. The van der Waals surface area contributed by atoms with Crippen molar-refractivity contribution in [2.24, 2.45) is 5.73 Å². The van der Waals surface area contributed by atoms with Crippen LogP contribution in [-0.2, 0) is 6.61 Å². The van der Waals surface area contributed by atoms with Crippen LogP contribution < -0.4 is 15.2 Å². The molecule has 0 fully saturated rings. The highest BCUT2D eigenvalue weighted by atomic mass is 35.5. The zero-order valence-electron chi connectivity index (χ0n) is 15.6. The first-order chi connectivity index (χ1) is 14.5. The van der Waals surface area contributed by atoms with Gasteiger partial charge in [0.05, 0.1) is 5.92 Å². The van der Waals surface area contributed by atoms with E-state index in [4.69, 9.17) is 38.4 Å². The summed E-state index contributed by atoms with van der Waals surface area (Å²) in [5, 5.41) is 20.5. The minimum atomic E-state index is -0.404. The van der Waals surface area contributed by atoms with Crippen molar-refractivity contribution < 1.29 is 14.6 Å². The molecule has 1 heterocycles. The molecular formula is C23H16Cl2N2O3. The number of aromatic hydroxyl groups is 1. The zero-order chi connectivity index (χ0) is 21.3.